The van der Waals surface area contributed by atoms with E-state index < -0.39 is 0 Å². The van der Waals surface area contributed by atoms with Gasteiger partial charge in [-0.05, 0) is 25.0 Å². The van der Waals surface area contributed by atoms with Crippen LogP contribution < -0.4 is 10.2 Å². The highest BCUT2D eigenvalue weighted by atomic mass is 35.5. The molecular weight excluding hydrogens is 308 g/mol. The van der Waals surface area contributed by atoms with E-state index in [1.807, 2.05) is 54.6 Å². The number of quaternary nitrogens is 1. The predicted octanol–water partition coefficient (Wildman–Crippen LogP) is 2.37. The number of likely N-dealkylation sites (N-methyl/N-ethyl adjacent to an activating group) is 1. The average Bonchev–Trinajstić information content (AvgIpc) is 3.35. The summed E-state index contributed by atoms with van der Waals surface area (Å²) in [5.41, 5.74) is 2.23. The number of rotatable bonds is 6. The smallest absolute Gasteiger partial charge is 0.283 e. The highest BCUT2D eigenvalue weighted by molar-refractivity contribution is 6.30. The molecule has 23 heavy (non-hydrogen) atoms. The molecule has 0 heterocycles. The van der Waals surface area contributed by atoms with Crippen LogP contribution in [0.1, 0.15) is 30.0 Å². The fraction of sp³-hybridized carbons (Fsp3) is 0.316. The second-order valence-corrected chi connectivity index (χ2v) is 6.71. The van der Waals surface area contributed by atoms with E-state index >= 15 is 0 Å². The lowest BCUT2D eigenvalue weighted by molar-refractivity contribution is -0.916. The largest absolute Gasteiger partial charge is 0.348 e. The molecule has 0 radical (unpaired) electrons. The molecular formula is C19H22ClN2O+. The van der Waals surface area contributed by atoms with Crippen molar-refractivity contribution in [2.45, 2.75) is 31.5 Å². The molecule has 2 atom stereocenters. The third-order valence-corrected chi connectivity index (χ3v) is 4.46. The van der Waals surface area contributed by atoms with Gasteiger partial charge in [0.2, 0.25) is 0 Å². The van der Waals surface area contributed by atoms with Gasteiger partial charge < -0.3 is 10.2 Å². The maximum atomic E-state index is 12.7. The molecule has 1 unspecified atom stereocenters. The lowest BCUT2D eigenvalue weighted by Crippen LogP contribution is -3.09. The fourth-order valence-corrected chi connectivity index (χ4v) is 2.97. The molecule has 1 saturated carbocycles. The van der Waals surface area contributed by atoms with Crippen molar-refractivity contribution < 1.29 is 9.69 Å². The van der Waals surface area contributed by atoms with Gasteiger partial charge in [0.05, 0.1) is 7.05 Å². The van der Waals surface area contributed by atoms with Crippen LogP contribution in [-0.4, -0.2) is 19.0 Å². The summed E-state index contributed by atoms with van der Waals surface area (Å²) in [4.78, 5) is 13.9. The number of benzene rings is 2. The molecule has 1 aliphatic rings. The first kappa shape index (κ1) is 16.0. The van der Waals surface area contributed by atoms with Gasteiger partial charge in [0.1, 0.15) is 6.54 Å². The summed E-state index contributed by atoms with van der Waals surface area (Å²) in [6, 6.07) is 18.0. The topological polar surface area (TPSA) is 33.5 Å². The van der Waals surface area contributed by atoms with Crippen molar-refractivity contribution in [2.75, 3.05) is 7.05 Å². The van der Waals surface area contributed by atoms with Gasteiger partial charge >= 0.3 is 0 Å². The van der Waals surface area contributed by atoms with E-state index in [0.717, 1.165) is 34.9 Å². The highest BCUT2D eigenvalue weighted by Crippen LogP contribution is 2.20. The van der Waals surface area contributed by atoms with Gasteiger partial charge in [-0.1, -0.05) is 54.1 Å². The molecule has 1 aliphatic carbocycles. The predicted molar refractivity (Wildman–Crippen MR) is 92.4 cm³/mol. The molecule has 3 rings (SSSR count). The molecule has 2 N–H and O–H groups in total. The summed E-state index contributed by atoms with van der Waals surface area (Å²) in [5, 5.41) is 3.88. The van der Waals surface area contributed by atoms with Crippen LogP contribution in [0.5, 0.6) is 0 Å². The van der Waals surface area contributed by atoms with Crippen molar-refractivity contribution in [3.63, 3.8) is 0 Å². The Kier molecular flexibility index (Phi) is 4.99. The summed E-state index contributed by atoms with van der Waals surface area (Å²) in [6.45, 7) is 0.773. The average molecular weight is 330 g/mol. The van der Waals surface area contributed by atoms with Gasteiger partial charge in [-0.25, -0.2) is 0 Å². The van der Waals surface area contributed by atoms with Gasteiger partial charge in [-0.15, -0.1) is 0 Å². The maximum absolute atomic E-state index is 12.7. The molecule has 0 saturated heterocycles. The molecule has 2 aromatic carbocycles. The van der Waals surface area contributed by atoms with Crippen molar-refractivity contribution in [3.05, 3.63) is 70.7 Å². The summed E-state index contributed by atoms with van der Waals surface area (Å²) in [5.74, 6) is 0.116. The van der Waals surface area contributed by atoms with E-state index in [1.165, 1.54) is 5.56 Å². The van der Waals surface area contributed by atoms with Crippen molar-refractivity contribution in [1.29, 1.82) is 0 Å². The van der Waals surface area contributed by atoms with Crippen LogP contribution in [0.2, 0.25) is 5.02 Å². The molecule has 0 aromatic heterocycles. The van der Waals surface area contributed by atoms with Crippen LogP contribution in [0.4, 0.5) is 0 Å². The number of hydrogen-bond donors (Lipinski definition) is 2. The number of carbonyl (C=O) groups is 1. The van der Waals surface area contributed by atoms with E-state index in [1.54, 1.807) is 0 Å². The molecule has 4 heteroatoms. The van der Waals surface area contributed by atoms with Crippen molar-refractivity contribution in [3.8, 4) is 0 Å². The molecule has 2 aromatic rings. The van der Waals surface area contributed by atoms with Crippen LogP contribution in [0.3, 0.4) is 0 Å². The van der Waals surface area contributed by atoms with Crippen molar-refractivity contribution in [2.24, 2.45) is 0 Å². The second-order valence-electron chi connectivity index (χ2n) is 6.28. The minimum atomic E-state index is -0.201. The van der Waals surface area contributed by atoms with E-state index in [2.05, 4.69) is 12.4 Å². The molecule has 0 spiro atoms. The third-order valence-electron chi connectivity index (χ3n) is 4.21. The van der Waals surface area contributed by atoms with E-state index in [4.69, 9.17) is 11.6 Å². The SMILES string of the molecule is C[NH+](Cc1ccc(Cl)cc1)[C@H](C(=O)NC1CC1)c1ccccc1. The monoisotopic (exact) mass is 329 g/mol. The van der Waals surface area contributed by atoms with Crippen LogP contribution in [-0.2, 0) is 11.3 Å². The van der Waals surface area contributed by atoms with Gasteiger partial charge in [-0.2, -0.15) is 0 Å². The Morgan fingerprint density at radius 3 is 2.43 bits per heavy atom. The standard InChI is InChI=1S/C19H21ClN2O/c1-22(13-14-7-9-16(20)10-8-14)18(15-5-3-2-4-6-15)19(23)21-17-11-12-17/h2-10,17-18H,11-13H2,1H3,(H,21,23)/p+1/t18-/m0/s1. The first-order valence-corrected chi connectivity index (χ1v) is 8.43. The maximum Gasteiger partial charge on any atom is 0.283 e. The zero-order valence-corrected chi connectivity index (χ0v) is 14.0. The van der Waals surface area contributed by atoms with Crippen LogP contribution in [0.25, 0.3) is 0 Å². The number of nitrogens with one attached hydrogen (secondary N) is 2. The Labute approximate surface area is 142 Å². The van der Waals surface area contributed by atoms with Gasteiger partial charge in [-0.3, -0.25) is 4.79 Å². The van der Waals surface area contributed by atoms with Gasteiger partial charge in [0.15, 0.2) is 6.04 Å². The molecule has 0 aliphatic heterocycles. The lowest BCUT2D eigenvalue weighted by atomic mass is 10.0. The number of hydrogen-bond acceptors (Lipinski definition) is 1. The zero-order chi connectivity index (χ0) is 16.2. The normalized spacial score (nSPS) is 16.6. The first-order chi connectivity index (χ1) is 11.1. The van der Waals surface area contributed by atoms with E-state index in [-0.39, 0.29) is 11.9 Å². The summed E-state index contributed by atoms with van der Waals surface area (Å²) in [6.07, 6.45) is 2.20. The molecule has 3 nitrogen and oxygen atoms in total. The summed E-state index contributed by atoms with van der Waals surface area (Å²) >= 11 is 5.95. The van der Waals surface area contributed by atoms with Crippen LogP contribution >= 0.6 is 11.6 Å². The number of carbonyl (C=O) groups excluding carboxylic acids is 1. The Morgan fingerprint density at radius 1 is 1.17 bits per heavy atom. The second kappa shape index (κ2) is 7.16. The van der Waals surface area contributed by atoms with Gasteiger partial charge in [0, 0.05) is 22.2 Å². The Balaban J connectivity index is 1.78. The number of amides is 1. The fourth-order valence-electron chi connectivity index (χ4n) is 2.84. The Hall–Kier alpha value is -1.84. The van der Waals surface area contributed by atoms with E-state index in [9.17, 15) is 4.79 Å². The minimum Gasteiger partial charge on any atom is -0.348 e. The molecule has 1 amide bonds. The highest BCUT2D eigenvalue weighted by Gasteiger charge is 2.33. The third kappa shape index (κ3) is 4.34. The summed E-state index contributed by atoms with van der Waals surface area (Å²) < 4.78 is 0. The summed E-state index contributed by atoms with van der Waals surface area (Å²) in [7, 11) is 2.07. The molecule has 0 bridgehead atoms. The lowest BCUT2D eigenvalue weighted by Gasteiger charge is -2.25. The first-order valence-electron chi connectivity index (χ1n) is 8.05. The van der Waals surface area contributed by atoms with Crippen LogP contribution in [0.15, 0.2) is 54.6 Å². The van der Waals surface area contributed by atoms with Crippen molar-refractivity contribution >= 4 is 17.5 Å². The minimum absolute atomic E-state index is 0.116. The van der Waals surface area contributed by atoms with Crippen LogP contribution in [0, 0.1) is 0 Å². The van der Waals surface area contributed by atoms with Gasteiger partial charge in [0.25, 0.3) is 5.91 Å². The molecule has 1 fully saturated rings. The van der Waals surface area contributed by atoms with Crippen molar-refractivity contribution in [1.82, 2.24) is 5.32 Å². The Morgan fingerprint density at radius 2 is 1.83 bits per heavy atom. The Bertz CT molecular complexity index is 653. The number of halogens is 1. The zero-order valence-electron chi connectivity index (χ0n) is 13.3. The van der Waals surface area contributed by atoms with E-state index in [0.29, 0.717) is 6.04 Å². The molecule has 120 valence electrons. The quantitative estimate of drug-likeness (QED) is 0.838.